The highest BCUT2D eigenvalue weighted by Gasteiger charge is 2.33. The first-order valence-corrected chi connectivity index (χ1v) is 7.22. The molecule has 3 rings (SSSR count). The lowest BCUT2D eigenvalue weighted by molar-refractivity contribution is 0.100. The fraction of sp³-hybridized carbons (Fsp3) is 0.308. The first-order chi connectivity index (χ1) is 9.58. The molecule has 1 fully saturated rings. The zero-order valence-corrected chi connectivity index (χ0v) is 13.1. The Balaban J connectivity index is 0.00000161. The number of hydrogen-bond donors (Lipinski definition) is 2. The zero-order valence-electron chi connectivity index (χ0n) is 11.4. The van der Waals surface area contributed by atoms with Crippen LogP contribution in [-0.2, 0) is 0 Å². The average Bonchev–Trinajstić information content (AvgIpc) is 2.97. The second kappa shape index (κ2) is 5.87. The molecule has 1 aliphatic carbocycles. The van der Waals surface area contributed by atoms with Crippen molar-refractivity contribution in [2.45, 2.75) is 25.7 Å². The number of nitrogens with two attached hydrogens (primary N) is 2. The van der Waals surface area contributed by atoms with E-state index in [0.717, 1.165) is 29.1 Å². The standard InChI is InChI=1S/C13H15N5OS.ClH/c1-7-10(4-5-20-7)18-11(8-2-3-8)9(6-16-18)12(19)17-13(14)15;/h4-6,8H,2-3H2,1H3,(H4,14,15,17,19);1H. The molecule has 0 radical (unpaired) electrons. The maximum Gasteiger partial charge on any atom is 0.283 e. The Morgan fingerprint density at radius 1 is 1.48 bits per heavy atom. The largest absolute Gasteiger partial charge is 0.370 e. The van der Waals surface area contributed by atoms with Gasteiger partial charge in [0.25, 0.3) is 5.91 Å². The monoisotopic (exact) mass is 325 g/mol. The fourth-order valence-corrected chi connectivity index (χ4v) is 2.92. The number of aliphatic imine (C=N–C) groups is 1. The molecule has 21 heavy (non-hydrogen) atoms. The summed E-state index contributed by atoms with van der Waals surface area (Å²) in [5.74, 6) is -0.285. The molecule has 1 saturated carbocycles. The van der Waals surface area contributed by atoms with Gasteiger partial charge < -0.3 is 11.5 Å². The highest BCUT2D eigenvalue weighted by molar-refractivity contribution is 7.10. The van der Waals surface area contributed by atoms with Crippen LogP contribution in [0, 0.1) is 6.92 Å². The van der Waals surface area contributed by atoms with Crippen LogP contribution in [0.3, 0.4) is 0 Å². The van der Waals surface area contributed by atoms with Gasteiger partial charge in [-0.25, -0.2) is 4.68 Å². The molecule has 2 aromatic heterocycles. The normalized spacial score (nSPS) is 13.6. The van der Waals surface area contributed by atoms with Crippen LogP contribution in [0.15, 0.2) is 22.6 Å². The van der Waals surface area contributed by atoms with E-state index in [9.17, 15) is 4.79 Å². The molecule has 4 N–H and O–H groups in total. The Kier molecular flexibility index (Phi) is 4.34. The number of hydrogen-bond acceptors (Lipinski definition) is 3. The second-order valence-corrected chi connectivity index (χ2v) is 5.95. The third-order valence-corrected chi connectivity index (χ3v) is 4.13. The predicted octanol–water partition coefficient (Wildman–Crippen LogP) is 1.96. The minimum Gasteiger partial charge on any atom is -0.370 e. The minimum absolute atomic E-state index is 0. The van der Waals surface area contributed by atoms with Crippen molar-refractivity contribution in [1.82, 2.24) is 9.78 Å². The number of aromatic nitrogens is 2. The third kappa shape index (κ3) is 2.93. The van der Waals surface area contributed by atoms with Crippen molar-refractivity contribution < 1.29 is 4.79 Å². The van der Waals surface area contributed by atoms with Crippen molar-refractivity contribution in [2.75, 3.05) is 0 Å². The Morgan fingerprint density at radius 3 is 2.71 bits per heavy atom. The zero-order chi connectivity index (χ0) is 14.3. The molecule has 0 saturated heterocycles. The lowest BCUT2D eigenvalue weighted by atomic mass is 10.1. The van der Waals surface area contributed by atoms with Gasteiger partial charge in [0.1, 0.15) is 0 Å². The number of carbonyl (C=O) groups is 1. The molecule has 2 aromatic rings. The highest BCUT2D eigenvalue weighted by Crippen LogP contribution is 2.43. The van der Waals surface area contributed by atoms with E-state index in [1.165, 1.54) is 0 Å². The molecule has 0 spiro atoms. The summed E-state index contributed by atoms with van der Waals surface area (Å²) in [7, 11) is 0. The SMILES string of the molecule is Cc1sccc1-n1ncc(C(=O)N=C(N)N)c1C1CC1.Cl. The Labute approximate surface area is 132 Å². The van der Waals surface area contributed by atoms with Crippen molar-refractivity contribution in [2.24, 2.45) is 16.5 Å². The van der Waals surface area contributed by atoms with Crippen LogP contribution in [-0.4, -0.2) is 21.6 Å². The van der Waals surface area contributed by atoms with Gasteiger partial charge in [-0.2, -0.15) is 10.1 Å². The van der Waals surface area contributed by atoms with E-state index >= 15 is 0 Å². The lowest BCUT2D eigenvalue weighted by Crippen LogP contribution is -2.24. The van der Waals surface area contributed by atoms with Gasteiger partial charge in [0.15, 0.2) is 5.96 Å². The van der Waals surface area contributed by atoms with Crippen molar-refractivity contribution in [1.29, 1.82) is 0 Å². The highest BCUT2D eigenvalue weighted by atomic mass is 35.5. The van der Waals surface area contributed by atoms with Crippen LogP contribution in [0.1, 0.15) is 39.7 Å². The molecular formula is C13H16ClN5OS. The fourth-order valence-electron chi connectivity index (χ4n) is 2.24. The molecule has 0 aromatic carbocycles. The van der Waals surface area contributed by atoms with Gasteiger partial charge in [0.05, 0.1) is 23.1 Å². The quantitative estimate of drug-likeness (QED) is 0.665. The average molecular weight is 326 g/mol. The van der Waals surface area contributed by atoms with Crippen molar-refractivity contribution in [3.63, 3.8) is 0 Å². The van der Waals surface area contributed by atoms with Gasteiger partial charge in [-0.3, -0.25) is 4.79 Å². The van der Waals surface area contributed by atoms with Gasteiger partial charge in [0, 0.05) is 10.8 Å². The van der Waals surface area contributed by atoms with Gasteiger partial charge in [-0.05, 0) is 31.2 Å². The van der Waals surface area contributed by atoms with Crippen LogP contribution in [0.2, 0.25) is 0 Å². The molecule has 8 heteroatoms. The summed E-state index contributed by atoms with van der Waals surface area (Å²) in [5, 5.41) is 6.38. The van der Waals surface area contributed by atoms with E-state index in [1.807, 2.05) is 23.1 Å². The van der Waals surface area contributed by atoms with Crippen LogP contribution in [0.5, 0.6) is 0 Å². The predicted molar refractivity (Wildman–Crippen MR) is 85.5 cm³/mol. The second-order valence-electron chi connectivity index (χ2n) is 4.83. The van der Waals surface area contributed by atoms with E-state index in [2.05, 4.69) is 10.1 Å². The molecule has 0 bridgehead atoms. The first-order valence-electron chi connectivity index (χ1n) is 6.34. The Bertz CT molecular complexity index is 697. The summed E-state index contributed by atoms with van der Waals surface area (Å²) in [6.45, 7) is 2.04. The maximum atomic E-state index is 12.1. The summed E-state index contributed by atoms with van der Waals surface area (Å²) in [6.07, 6.45) is 3.69. The topological polar surface area (TPSA) is 99.3 Å². The summed E-state index contributed by atoms with van der Waals surface area (Å²) >= 11 is 1.66. The minimum atomic E-state index is -0.425. The summed E-state index contributed by atoms with van der Waals surface area (Å²) < 4.78 is 1.85. The first kappa shape index (κ1) is 15.5. The molecule has 0 aliphatic heterocycles. The van der Waals surface area contributed by atoms with E-state index in [1.54, 1.807) is 17.5 Å². The number of rotatable bonds is 3. The molecule has 2 heterocycles. The van der Waals surface area contributed by atoms with Crippen molar-refractivity contribution in [3.8, 4) is 5.69 Å². The smallest absolute Gasteiger partial charge is 0.283 e. The van der Waals surface area contributed by atoms with Crippen molar-refractivity contribution >= 4 is 35.6 Å². The van der Waals surface area contributed by atoms with Crippen molar-refractivity contribution in [3.05, 3.63) is 33.8 Å². The number of aryl methyl sites for hydroxylation is 1. The van der Waals surface area contributed by atoms with Crippen LogP contribution < -0.4 is 11.5 Å². The van der Waals surface area contributed by atoms with Gasteiger partial charge >= 0.3 is 0 Å². The van der Waals surface area contributed by atoms with Gasteiger partial charge in [0.2, 0.25) is 0 Å². The van der Waals surface area contributed by atoms with Crippen LogP contribution >= 0.6 is 23.7 Å². The van der Waals surface area contributed by atoms with E-state index in [-0.39, 0.29) is 18.4 Å². The molecule has 1 aliphatic rings. The Hall–Kier alpha value is -1.86. The number of carbonyl (C=O) groups excluding carboxylic acids is 1. The molecule has 0 atom stereocenters. The lowest BCUT2D eigenvalue weighted by Gasteiger charge is -2.07. The number of nitrogens with zero attached hydrogens (tertiary/aromatic N) is 3. The van der Waals surface area contributed by atoms with Crippen LogP contribution in [0.4, 0.5) is 0 Å². The number of guanidine groups is 1. The van der Waals surface area contributed by atoms with E-state index in [0.29, 0.717) is 11.5 Å². The third-order valence-electron chi connectivity index (χ3n) is 3.29. The number of thiophene rings is 1. The maximum absolute atomic E-state index is 12.1. The summed E-state index contributed by atoms with van der Waals surface area (Å²) in [6, 6.07) is 2.01. The van der Waals surface area contributed by atoms with Gasteiger partial charge in [-0.1, -0.05) is 0 Å². The molecule has 112 valence electrons. The Morgan fingerprint density at radius 2 is 2.19 bits per heavy atom. The molecule has 0 unspecified atom stereocenters. The van der Waals surface area contributed by atoms with Crippen LogP contribution in [0.25, 0.3) is 5.69 Å². The number of amides is 1. The molecular weight excluding hydrogens is 310 g/mol. The van der Waals surface area contributed by atoms with E-state index in [4.69, 9.17) is 11.5 Å². The number of halogens is 1. The summed E-state index contributed by atoms with van der Waals surface area (Å²) in [5.41, 5.74) is 13.0. The van der Waals surface area contributed by atoms with Gasteiger partial charge in [-0.15, -0.1) is 23.7 Å². The summed E-state index contributed by atoms with van der Waals surface area (Å²) in [4.78, 5) is 16.9. The van der Waals surface area contributed by atoms with E-state index < -0.39 is 5.91 Å². The molecule has 1 amide bonds. The molecule has 6 nitrogen and oxygen atoms in total.